The minimum absolute atomic E-state index is 0.129. The van der Waals surface area contributed by atoms with Crippen molar-refractivity contribution in [3.05, 3.63) is 107 Å². The van der Waals surface area contributed by atoms with Gasteiger partial charge in [0.1, 0.15) is 5.82 Å². The van der Waals surface area contributed by atoms with E-state index in [1.54, 1.807) is 12.1 Å². The summed E-state index contributed by atoms with van der Waals surface area (Å²) in [6, 6.07) is 26.8. The number of halogens is 1. The van der Waals surface area contributed by atoms with Crippen LogP contribution in [0.2, 0.25) is 0 Å². The van der Waals surface area contributed by atoms with Crippen molar-refractivity contribution in [2.45, 2.75) is 32.0 Å². The molecule has 28 heavy (non-hydrogen) atoms. The summed E-state index contributed by atoms with van der Waals surface area (Å²) in [5, 5.41) is 3.56. The molecule has 144 valence electrons. The van der Waals surface area contributed by atoms with Gasteiger partial charge in [0.15, 0.2) is 0 Å². The largest absolute Gasteiger partial charge is 0.311 e. The smallest absolute Gasteiger partial charge is 0.123 e. The molecule has 3 aromatic rings. The lowest BCUT2D eigenvalue weighted by Crippen LogP contribution is -2.44. The van der Waals surface area contributed by atoms with Gasteiger partial charge in [0, 0.05) is 32.2 Å². The van der Waals surface area contributed by atoms with Crippen LogP contribution in [-0.4, -0.2) is 24.0 Å². The summed E-state index contributed by atoms with van der Waals surface area (Å²) < 4.78 is 13.7. The standard InChI is InChI=1S/C25H27FN2/c26-24-12-11-22-19-28(14-13-27-18-21-9-5-2-6-10-21)25(17-23(22)16-24)15-20-7-3-1-4-8-20/h1-12,16,25,27H,13-15,17-19H2. The van der Waals surface area contributed by atoms with E-state index in [2.05, 4.69) is 64.8 Å². The Morgan fingerprint density at radius 3 is 2.32 bits per heavy atom. The van der Waals surface area contributed by atoms with Crippen LogP contribution in [0.5, 0.6) is 0 Å². The van der Waals surface area contributed by atoms with Gasteiger partial charge in [0.2, 0.25) is 0 Å². The number of nitrogens with one attached hydrogen (secondary N) is 1. The first kappa shape index (κ1) is 18.9. The Morgan fingerprint density at radius 2 is 1.57 bits per heavy atom. The summed E-state index contributed by atoms with van der Waals surface area (Å²) in [4.78, 5) is 2.55. The Morgan fingerprint density at radius 1 is 0.857 bits per heavy atom. The Kier molecular flexibility index (Phi) is 6.15. The molecule has 0 bridgehead atoms. The maximum atomic E-state index is 13.7. The second-order valence-electron chi connectivity index (χ2n) is 7.59. The summed E-state index contributed by atoms with van der Waals surface area (Å²) in [5.74, 6) is -0.129. The third-order valence-corrected chi connectivity index (χ3v) is 5.58. The summed E-state index contributed by atoms with van der Waals surface area (Å²) in [6.07, 6.45) is 1.90. The van der Waals surface area contributed by atoms with E-state index in [0.717, 1.165) is 44.6 Å². The van der Waals surface area contributed by atoms with E-state index in [1.807, 2.05) is 12.1 Å². The van der Waals surface area contributed by atoms with Crippen LogP contribution in [0.15, 0.2) is 78.9 Å². The lowest BCUT2D eigenvalue weighted by atomic mass is 9.90. The maximum absolute atomic E-state index is 13.7. The topological polar surface area (TPSA) is 15.3 Å². The quantitative estimate of drug-likeness (QED) is 0.609. The zero-order valence-corrected chi connectivity index (χ0v) is 16.2. The number of rotatable bonds is 7. The molecule has 0 fully saturated rings. The first-order valence-corrected chi connectivity index (χ1v) is 10.1. The summed E-state index contributed by atoms with van der Waals surface area (Å²) in [7, 11) is 0. The highest BCUT2D eigenvalue weighted by Crippen LogP contribution is 2.26. The Bertz CT molecular complexity index is 880. The zero-order valence-electron chi connectivity index (χ0n) is 16.2. The van der Waals surface area contributed by atoms with E-state index < -0.39 is 0 Å². The van der Waals surface area contributed by atoms with Gasteiger partial charge >= 0.3 is 0 Å². The molecule has 1 aliphatic rings. The van der Waals surface area contributed by atoms with E-state index in [1.165, 1.54) is 16.7 Å². The summed E-state index contributed by atoms with van der Waals surface area (Å²) in [5.41, 5.74) is 5.07. The molecule has 4 rings (SSSR count). The molecule has 1 aliphatic heterocycles. The van der Waals surface area contributed by atoms with Crippen molar-refractivity contribution in [3.8, 4) is 0 Å². The van der Waals surface area contributed by atoms with E-state index >= 15 is 0 Å². The van der Waals surface area contributed by atoms with Gasteiger partial charge in [-0.05, 0) is 47.2 Å². The molecular formula is C25H27FN2. The first-order chi connectivity index (χ1) is 13.8. The Balaban J connectivity index is 1.42. The molecule has 0 amide bonds. The van der Waals surface area contributed by atoms with Crippen LogP contribution in [0, 0.1) is 5.82 Å². The van der Waals surface area contributed by atoms with Crippen molar-refractivity contribution in [2.24, 2.45) is 0 Å². The van der Waals surface area contributed by atoms with E-state index in [4.69, 9.17) is 0 Å². The average molecular weight is 375 g/mol. The highest BCUT2D eigenvalue weighted by molar-refractivity contribution is 5.31. The van der Waals surface area contributed by atoms with Gasteiger partial charge in [-0.1, -0.05) is 66.7 Å². The third kappa shape index (κ3) is 4.86. The van der Waals surface area contributed by atoms with Gasteiger partial charge in [0.25, 0.3) is 0 Å². The normalized spacial score (nSPS) is 16.7. The Hall–Kier alpha value is -2.49. The van der Waals surface area contributed by atoms with Crippen LogP contribution < -0.4 is 5.32 Å². The second-order valence-corrected chi connectivity index (χ2v) is 7.59. The molecule has 1 atom stereocenters. The fourth-order valence-corrected chi connectivity index (χ4v) is 4.07. The maximum Gasteiger partial charge on any atom is 0.123 e. The molecule has 2 nitrogen and oxygen atoms in total. The molecule has 0 aromatic heterocycles. The molecule has 3 aromatic carbocycles. The van der Waals surface area contributed by atoms with Gasteiger partial charge in [-0.15, -0.1) is 0 Å². The van der Waals surface area contributed by atoms with Crippen molar-refractivity contribution >= 4 is 0 Å². The van der Waals surface area contributed by atoms with E-state index in [9.17, 15) is 4.39 Å². The number of nitrogens with zero attached hydrogens (tertiary/aromatic N) is 1. The van der Waals surface area contributed by atoms with Gasteiger partial charge in [0.05, 0.1) is 0 Å². The summed E-state index contributed by atoms with van der Waals surface area (Å²) in [6.45, 7) is 3.71. The van der Waals surface area contributed by atoms with Crippen molar-refractivity contribution in [1.29, 1.82) is 0 Å². The van der Waals surface area contributed by atoms with Gasteiger partial charge < -0.3 is 5.32 Å². The van der Waals surface area contributed by atoms with Gasteiger partial charge in [-0.3, -0.25) is 4.90 Å². The lowest BCUT2D eigenvalue weighted by molar-refractivity contribution is 0.170. The number of hydrogen-bond acceptors (Lipinski definition) is 2. The molecule has 3 heteroatoms. The molecule has 0 saturated carbocycles. The predicted molar refractivity (Wildman–Crippen MR) is 113 cm³/mol. The highest BCUT2D eigenvalue weighted by Gasteiger charge is 2.26. The van der Waals surface area contributed by atoms with Crippen molar-refractivity contribution in [2.75, 3.05) is 13.1 Å². The first-order valence-electron chi connectivity index (χ1n) is 10.1. The minimum atomic E-state index is -0.129. The van der Waals surface area contributed by atoms with Crippen molar-refractivity contribution in [3.63, 3.8) is 0 Å². The summed E-state index contributed by atoms with van der Waals surface area (Å²) >= 11 is 0. The lowest BCUT2D eigenvalue weighted by Gasteiger charge is -2.37. The molecule has 1 N–H and O–H groups in total. The molecule has 0 spiro atoms. The predicted octanol–water partition coefficient (Wildman–Crippen LogP) is 4.58. The Labute approximate surface area is 167 Å². The van der Waals surface area contributed by atoms with Crippen molar-refractivity contribution < 1.29 is 4.39 Å². The molecular weight excluding hydrogens is 347 g/mol. The van der Waals surface area contributed by atoms with Gasteiger partial charge in [-0.2, -0.15) is 0 Å². The third-order valence-electron chi connectivity index (χ3n) is 5.58. The van der Waals surface area contributed by atoms with Crippen LogP contribution in [0.1, 0.15) is 22.3 Å². The van der Waals surface area contributed by atoms with E-state index in [0.29, 0.717) is 6.04 Å². The zero-order chi connectivity index (χ0) is 19.2. The van der Waals surface area contributed by atoms with Crippen LogP contribution in [0.4, 0.5) is 4.39 Å². The van der Waals surface area contributed by atoms with Gasteiger partial charge in [-0.25, -0.2) is 4.39 Å². The number of benzene rings is 3. The fraction of sp³-hybridized carbons (Fsp3) is 0.280. The molecule has 0 saturated heterocycles. The second kappa shape index (κ2) is 9.13. The SMILES string of the molecule is Fc1ccc2c(c1)CC(Cc1ccccc1)N(CCNCc1ccccc1)C2. The van der Waals surface area contributed by atoms with Crippen LogP contribution in [0.25, 0.3) is 0 Å². The molecule has 1 heterocycles. The number of hydrogen-bond donors (Lipinski definition) is 1. The average Bonchev–Trinajstić information content (AvgIpc) is 2.73. The minimum Gasteiger partial charge on any atom is -0.311 e. The number of fused-ring (bicyclic) bond motifs is 1. The van der Waals surface area contributed by atoms with E-state index in [-0.39, 0.29) is 5.82 Å². The molecule has 0 radical (unpaired) electrons. The highest BCUT2D eigenvalue weighted by atomic mass is 19.1. The monoisotopic (exact) mass is 374 g/mol. The van der Waals surface area contributed by atoms with Crippen LogP contribution >= 0.6 is 0 Å². The molecule has 1 unspecified atom stereocenters. The van der Waals surface area contributed by atoms with Crippen LogP contribution in [0.3, 0.4) is 0 Å². The van der Waals surface area contributed by atoms with Crippen LogP contribution in [-0.2, 0) is 25.9 Å². The molecule has 0 aliphatic carbocycles. The van der Waals surface area contributed by atoms with Crippen molar-refractivity contribution in [1.82, 2.24) is 10.2 Å². The fourth-order valence-electron chi connectivity index (χ4n) is 4.07.